The average Bonchev–Trinajstić information content (AvgIpc) is 3.31. The van der Waals surface area contributed by atoms with Crippen molar-refractivity contribution < 1.29 is 22.3 Å². The normalized spacial score (nSPS) is 14.6. The first-order valence-electron chi connectivity index (χ1n) is 13.9. The Hall–Kier alpha value is -3.65. The third kappa shape index (κ3) is 6.24. The van der Waals surface area contributed by atoms with Crippen molar-refractivity contribution in [3.05, 3.63) is 69.9 Å². The number of H-pyrrole nitrogens is 1. The Morgan fingerprint density at radius 2 is 1.88 bits per heavy atom. The molecule has 5 rings (SSSR count). The van der Waals surface area contributed by atoms with Gasteiger partial charge in [0.25, 0.3) is 5.56 Å². The van der Waals surface area contributed by atoms with Crippen LogP contribution in [0.3, 0.4) is 0 Å². The molecule has 0 saturated carbocycles. The monoisotopic (exact) mass is 598 g/mol. The third-order valence-electron chi connectivity index (χ3n) is 7.35. The fourth-order valence-corrected chi connectivity index (χ4v) is 6.56. The lowest BCUT2D eigenvalue weighted by Crippen LogP contribution is -2.42. The molecule has 0 bridgehead atoms. The van der Waals surface area contributed by atoms with E-state index in [0.29, 0.717) is 72.9 Å². The second kappa shape index (κ2) is 12.7. The first kappa shape index (κ1) is 29.8. The van der Waals surface area contributed by atoms with Crippen molar-refractivity contribution in [1.82, 2.24) is 29.0 Å². The van der Waals surface area contributed by atoms with Crippen molar-refractivity contribution in [3.8, 4) is 17.1 Å². The molecule has 3 heterocycles. The summed E-state index contributed by atoms with van der Waals surface area (Å²) in [7, 11) is -0.877. The maximum absolute atomic E-state index is 14.1. The van der Waals surface area contributed by atoms with Crippen LogP contribution in [0.4, 0.5) is 4.39 Å². The van der Waals surface area contributed by atoms with Crippen LogP contribution in [0.15, 0.2) is 52.2 Å². The Kier molecular flexibility index (Phi) is 9.02. The highest BCUT2D eigenvalue weighted by molar-refractivity contribution is 7.89. The molecular weight excluding hydrogens is 563 g/mol. The molecule has 1 saturated heterocycles. The van der Waals surface area contributed by atoms with Crippen LogP contribution >= 0.6 is 0 Å². The molecule has 0 radical (unpaired) electrons. The Morgan fingerprint density at radius 3 is 2.57 bits per heavy atom. The molecule has 1 aliphatic rings. The van der Waals surface area contributed by atoms with Crippen LogP contribution in [0.5, 0.6) is 5.75 Å². The maximum Gasteiger partial charge on any atom is 0.277 e. The second-order valence-corrected chi connectivity index (χ2v) is 12.2. The highest BCUT2D eigenvalue weighted by atomic mass is 32.2. The molecule has 42 heavy (non-hydrogen) atoms. The van der Waals surface area contributed by atoms with E-state index in [4.69, 9.17) is 14.5 Å². The summed E-state index contributed by atoms with van der Waals surface area (Å²) in [6.45, 7) is 5.43. The van der Waals surface area contributed by atoms with Gasteiger partial charge in [-0.1, -0.05) is 25.5 Å². The number of methoxy groups -OCH3 is 1. The number of morpholine rings is 1. The van der Waals surface area contributed by atoms with Crippen molar-refractivity contribution in [2.24, 2.45) is 7.05 Å². The van der Waals surface area contributed by atoms with Crippen molar-refractivity contribution in [3.63, 3.8) is 0 Å². The number of hydrogen-bond donors (Lipinski definition) is 1. The van der Waals surface area contributed by atoms with Gasteiger partial charge >= 0.3 is 0 Å². The summed E-state index contributed by atoms with van der Waals surface area (Å²) in [5, 5.41) is 4.47. The van der Waals surface area contributed by atoms with Gasteiger partial charge in [0.2, 0.25) is 10.0 Å². The number of hydrogen-bond acceptors (Lipinski definition) is 8. The summed E-state index contributed by atoms with van der Waals surface area (Å²) < 4.78 is 55.8. The van der Waals surface area contributed by atoms with Crippen molar-refractivity contribution in [2.45, 2.75) is 31.2 Å². The van der Waals surface area contributed by atoms with Crippen LogP contribution < -0.4 is 10.3 Å². The molecule has 0 spiro atoms. The Balaban J connectivity index is 1.55. The van der Waals surface area contributed by atoms with E-state index in [-0.39, 0.29) is 29.4 Å². The highest BCUT2D eigenvalue weighted by Crippen LogP contribution is 2.32. The lowest BCUT2D eigenvalue weighted by Gasteiger charge is -2.30. The first-order valence-corrected chi connectivity index (χ1v) is 15.3. The fraction of sp³-hybridized carbons (Fsp3) is 0.414. The minimum Gasteiger partial charge on any atom is -0.496 e. The molecule has 2 aromatic carbocycles. The average molecular weight is 599 g/mol. The second-order valence-electron chi connectivity index (χ2n) is 10.2. The van der Waals surface area contributed by atoms with Gasteiger partial charge in [0.1, 0.15) is 22.9 Å². The van der Waals surface area contributed by atoms with Gasteiger partial charge in [0.15, 0.2) is 5.52 Å². The van der Waals surface area contributed by atoms with Crippen LogP contribution in [0, 0.1) is 5.82 Å². The molecule has 4 aromatic rings. The minimum atomic E-state index is -4.04. The zero-order chi connectivity index (χ0) is 29.9. The number of aryl methyl sites for hydroxylation is 2. The number of fused-ring (bicyclic) bond motifs is 1. The van der Waals surface area contributed by atoms with E-state index in [0.717, 1.165) is 6.42 Å². The summed E-state index contributed by atoms with van der Waals surface area (Å²) >= 11 is 0. The Morgan fingerprint density at radius 1 is 1.14 bits per heavy atom. The standard InChI is InChI=1S/C29H35FN6O5S/c1-4-5-24-26-27(34(2)33-24)29(37)32-28(31-26)23-18-22(10-11-25(23)40-3)42(38,39)36(13-12-35-14-16-41-17-15-35)19-20-6-8-21(30)9-7-20/h6-11,18H,4-5,12-17,19H2,1-3H3,(H,31,32,37). The van der Waals surface area contributed by atoms with Crippen LogP contribution in [0.1, 0.15) is 24.6 Å². The van der Waals surface area contributed by atoms with Gasteiger partial charge in [-0.15, -0.1) is 0 Å². The first-order chi connectivity index (χ1) is 20.2. The number of halogens is 1. The van der Waals surface area contributed by atoms with Crippen LogP contribution in [-0.4, -0.2) is 83.9 Å². The van der Waals surface area contributed by atoms with Gasteiger partial charge in [-0.2, -0.15) is 9.40 Å². The van der Waals surface area contributed by atoms with Gasteiger partial charge in [0, 0.05) is 39.8 Å². The van der Waals surface area contributed by atoms with Crippen molar-refractivity contribution in [2.75, 3.05) is 46.5 Å². The Labute approximate surface area is 243 Å². The van der Waals surface area contributed by atoms with E-state index in [1.54, 1.807) is 25.2 Å². The van der Waals surface area contributed by atoms with Crippen molar-refractivity contribution in [1.29, 1.82) is 0 Å². The smallest absolute Gasteiger partial charge is 0.277 e. The molecule has 1 aliphatic heterocycles. The van der Waals surface area contributed by atoms with Gasteiger partial charge < -0.3 is 14.5 Å². The molecule has 11 nitrogen and oxygen atoms in total. The van der Waals surface area contributed by atoms with Gasteiger partial charge in [-0.25, -0.2) is 17.8 Å². The lowest BCUT2D eigenvalue weighted by atomic mass is 10.1. The number of sulfonamides is 1. The summed E-state index contributed by atoms with van der Waals surface area (Å²) in [5.41, 5.74) is 2.12. The largest absolute Gasteiger partial charge is 0.496 e. The van der Waals surface area contributed by atoms with E-state index in [1.807, 2.05) is 6.92 Å². The molecule has 224 valence electrons. The van der Waals surface area contributed by atoms with Crippen molar-refractivity contribution >= 4 is 21.1 Å². The highest BCUT2D eigenvalue weighted by Gasteiger charge is 2.28. The number of aromatic nitrogens is 4. The SMILES string of the molecule is CCCc1nn(C)c2c(=O)[nH]c(-c3cc(S(=O)(=O)N(CCN4CCOCC4)Cc4ccc(F)cc4)ccc3OC)nc12. The number of nitrogens with zero attached hydrogens (tertiary/aromatic N) is 5. The van der Waals surface area contributed by atoms with Crippen LogP contribution in [-0.2, 0) is 34.8 Å². The topological polar surface area (TPSA) is 123 Å². The predicted molar refractivity (Wildman–Crippen MR) is 156 cm³/mol. The van der Waals surface area contributed by atoms with E-state index in [2.05, 4.69) is 15.0 Å². The van der Waals surface area contributed by atoms with Crippen LogP contribution in [0.2, 0.25) is 0 Å². The molecule has 0 atom stereocenters. The summed E-state index contributed by atoms with van der Waals surface area (Å²) in [5.74, 6) is 0.149. The van der Waals surface area contributed by atoms with E-state index < -0.39 is 15.8 Å². The van der Waals surface area contributed by atoms with Gasteiger partial charge in [-0.3, -0.25) is 14.4 Å². The molecular formula is C29H35FN6O5S. The molecule has 0 amide bonds. The quantitative estimate of drug-likeness (QED) is 0.280. The maximum atomic E-state index is 14.1. The van der Waals surface area contributed by atoms with Gasteiger partial charge in [0.05, 0.1) is 36.5 Å². The molecule has 2 aromatic heterocycles. The number of rotatable bonds is 11. The molecule has 1 fully saturated rings. The van der Waals surface area contributed by atoms with Crippen LogP contribution in [0.25, 0.3) is 22.4 Å². The fourth-order valence-electron chi connectivity index (χ4n) is 5.12. The number of nitrogens with one attached hydrogen (secondary N) is 1. The van der Waals surface area contributed by atoms with E-state index in [1.165, 1.54) is 40.4 Å². The zero-order valence-corrected chi connectivity index (χ0v) is 24.8. The number of benzene rings is 2. The number of ether oxygens (including phenoxy) is 2. The molecule has 0 aliphatic carbocycles. The zero-order valence-electron chi connectivity index (χ0n) is 24.0. The molecule has 0 unspecified atom stereocenters. The van der Waals surface area contributed by atoms with E-state index in [9.17, 15) is 17.6 Å². The summed E-state index contributed by atoms with van der Waals surface area (Å²) in [6, 6.07) is 10.3. The van der Waals surface area contributed by atoms with E-state index >= 15 is 0 Å². The molecule has 13 heteroatoms. The lowest BCUT2D eigenvalue weighted by molar-refractivity contribution is 0.0361. The summed E-state index contributed by atoms with van der Waals surface area (Å²) in [6.07, 6.45) is 1.46. The minimum absolute atomic E-state index is 0.0186. The van der Waals surface area contributed by atoms with Gasteiger partial charge in [-0.05, 0) is 42.3 Å². The third-order valence-corrected chi connectivity index (χ3v) is 9.20. The predicted octanol–water partition coefficient (Wildman–Crippen LogP) is 2.95. The Bertz CT molecular complexity index is 1720. The summed E-state index contributed by atoms with van der Waals surface area (Å²) in [4.78, 5) is 22.8. The number of aromatic amines is 1. The molecule has 1 N–H and O–H groups in total.